The van der Waals surface area contributed by atoms with Gasteiger partial charge in [-0.2, -0.15) is 0 Å². The van der Waals surface area contributed by atoms with Gasteiger partial charge in [-0.25, -0.2) is 0 Å². The van der Waals surface area contributed by atoms with Crippen LogP contribution in [0.3, 0.4) is 0 Å². The summed E-state index contributed by atoms with van der Waals surface area (Å²) in [5.41, 5.74) is 0. The molecule has 0 aromatic heterocycles. The van der Waals surface area contributed by atoms with E-state index in [9.17, 15) is 4.79 Å². The zero-order valence-electron chi connectivity index (χ0n) is 8.33. The van der Waals surface area contributed by atoms with Gasteiger partial charge in [-0.1, -0.05) is 6.92 Å². The molecular weight excluding hydrogens is 166 g/mol. The van der Waals surface area contributed by atoms with Crippen LogP contribution in [0, 0.1) is 0 Å². The molecule has 76 valence electrons. The Morgan fingerprint density at radius 1 is 1.54 bits per heavy atom. The fourth-order valence-electron chi connectivity index (χ4n) is 1.51. The summed E-state index contributed by atoms with van der Waals surface area (Å²) in [5, 5.41) is 8.61. The predicted molar refractivity (Wildman–Crippen MR) is 51.3 cm³/mol. The molecule has 3 nitrogen and oxygen atoms in total. The Balaban J connectivity index is 2.29. The first-order valence-corrected chi connectivity index (χ1v) is 5.20. The molecule has 0 radical (unpaired) electrons. The molecule has 0 unspecified atom stereocenters. The van der Waals surface area contributed by atoms with Gasteiger partial charge in [-0.15, -0.1) is 0 Å². The lowest BCUT2D eigenvalue weighted by Gasteiger charge is -2.21. The van der Waals surface area contributed by atoms with Crippen molar-refractivity contribution < 1.29 is 9.90 Å². The van der Waals surface area contributed by atoms with E-state index >= 15 is 0 Å². The number of hydrogen-bond donors (Lipinski definition) is 1. The van der Waals surface area contributed by atoms with Crippen LogP contribution in [0.2, 0.25) is 0 Å². The van der Waals surface area contributed by atoms with Gasteiger partial charge < -0.3 is 10.0 Å². The molecule has 0 aromatic rings. The Labute approximate surface area is 79.7 Å². The van der Waals surface area contributed by atoms with Gasteiger partial charge in [-0.05, 0) is 25.7 Å². The topological polar surface area (TPSA) is 40.5 Å². The van der Waals surface area contributed by atoms with Gasteiger partial charge in [0.05, 0.1) is 0 Å². The van der Waals surface area contributed by atoms with Crippen molar-refractivity contribution in [3.05, 3.63) is 0 Å². The van der Waals surface area contributed by atoms with E-state index in [2.05, 4.69) is 6.92 Å². The Kier molecular flexibility index (Phi) is 4.22. The average molecular weight is 185 g/mol. The van der Waals surface area contributed by atoms with Gasteiger partial charge in [0.15, 0.2) is 0 Å². The maximum Gasteiger partial charge on any atom is 0.222 e. The first-order chi connectivity index (χ1) is 6.29. The Hall–Kier alpha value is -0.570. The lowest BCUT2D eigenvalue weighted by atomic mass is 10.2. The van der Waals surface area contributed by atoms with Crippen LogP contribution in [-0.4, -0.2) is 35.1 Å². The number of hydrogen-bond acceptors (Lipinski definition) is 2. The van der Waals surface area contributed by atoms with Crippen molar-refractivity contribution in [1.82, 2.24) is 4.90 Å². The van der Waals surface area contributed by atoms with Crippen molar-refractivity contribution in [2.75, 3.05) is 13.2 Å². The summed E-state index contributed by atoms with van der Waals surface area (Å²) < 4.78 is 0. The summed E-state index contributed by atoms with van der Waals surface area (Å²) in [6.07, 6.45) is 4.48. The van der Waals surface area contributed by atoms with Crippen molar-refractivity contribution >= 4 is 5.91 Å². The highest BCUT2D eigenvalue weighted by molar-refractivity contribution is 5.76. The molecule has 0 aromatic carbocycles. The van der Waals surface area contributed by atoms with Crippen LogP contribution in [-0.2, 0) is 4.79 Å². The summed E-state index contributed by atoms with van der Waals surface area (Å²) >= 11 is 0. The van der Waals surface area contributed by atoms with Crippen LogP contribution in [0.4, 0.5) is 0 Å². The molecule has 0 heterocycles. The highest BCUT2D eigenvalue weighted by Gasteiger charge is 2.31. The maximum atomic E-state index is 11.6. The first-order valence-electron chi connectivity index (χ1n) is 5.20. The minimum absolute atomic E-state index is 0.121. The molecule has 0 saturated heterocycles. The fraction of sp³-hybridized carbons (Fsp3) is 0.900. The molecule has 0 aliphatic heterocycles. The number of rotatable bonds is 6. The summed E-state index contributed by atoms with van der Waals surface area (Å²) in [7, 11) is 0. The zero-order chi connectivity index (χ0) is 9.68. The van der Waals surface area contributed by atoms with E-state index < -0.39 is 0 Å². The monoisotopic (exact) mass is 185 g/mol. The predicted octanol–water partition coefficient (Wildman–Crippen LogP) is 1.16. The molecule has 0 bridgehead atoms. The van der Waals surface area contributed by atoms with Crippen molar-refractivity contribution in [2.45, 2.75) is 45.1 Å². The number of amides is 1. The Morgan fingerprint density at radius 3 is 2.69 bits per heavy atom. The van der Waals surface area contributed by atoms with Gasteiger partial charge in [0.1, 0.15) is 0 Å². The fourth-order valence-corrected chi connectivity index (χ4v) is 1.51. The average Bonchev–Trinajstić information content (AvgIpc) is 2.93. The number of nitrogens with zero attached hydrogens (tertiary/aromatic N) is 1. The van der Waals surface area contributed by atoms with E-state index in [0.29, 0.717) is 18.9 Å². The van der Waals surface area contributed by atoms with Crippen LogP contribution in [0.15, 0.2) is 0 Å². The third-order valence-electron chi connectivity index (χ3n) is 2.32. The second-order valence-electron chi connectivity index (χ2n) is 3.65. The molecule has 1 fully saturated rings. The summed E-state index contributed by atoms with van der Waals surface area (Å²) in [6.45, 7) is 3.10. The van der Waals surface area contributed by atoms with E-state index in [1.807, 2.05) is 4.90 Å². The molecular formula is C10H19NO2. The van der Waals surface area contributed by atoms with Crippen LogP contribution in [0.25, 0.3) is 0 Å². The van der Waals surface area contributed by atoms with Crippen molar-refractivity contribution in [1.29, 1.82) is 0 Å². The summed E-state index contributed by atoms with van der Waals surface area (Å²) in [6, 6.07) is 0.520. The van der Waals surface area contributed by atoms with E-state index in [1.165, 1.54) is 12.8 Å². The molecule has 1 amide bonds. The minimum Gasteiger partial charge on any atom is -0.396 e. The minimum atomic E-state index is 0.121. The van der Waals surface area contributed by atoms with Crippen LogP contribution in [0.5, 0.6) is 0 Å². The standard InChI is InChI=1S/C10H19NO2/c1-2-7-11(9-5-6-9)10(13)4-3-8-12/h9,12H,2-8H2,1H3. The van der Waals surface area contributed by atoms with Crippen molar-refractivity contribution in [3.8, 4) is 0 Å². The lowest BCUT2D eigenvalue weighted by molar-refractivity contribution is -0.132. The van der Waals surface area contributed by atoms with Crippen LogP contribution in [0.1, 0.15) is 39.0 Å². The second-order valence-corrected chi connectivity index (χ2v) is 3.65. The van der Waals surface area contributed by atoms with Crippen LogP contribution >= 0.6 is 0 Å². The molecule has 3 heteroatoms. The lowest BCUT2D eigenvalue weighted by Crippen LogP contribution is -2.33. The summed E-state index contributed by atoms with van der Waals surface area (Å²) in [4.78, 5) is 13.6. The number of carbonyl (C=O) groups is 1. The molecule has 1 rings (SSSR count). The van der Waals surface area contributed by atoms with Crippen molar-refractivity contribution in [3.63, 3.8) is 0 Å². The van der Waals surface area contributed by atoms with Gasteiger partial charge in [0, 0.05) is 25.6 Å². The van der Waals surface area contributed by atoms with E-state index in [4.69, 9.17) is 5.11 Å². The number of aliphatic hydroxyl groups excluding tert-OH is 1. The maximum absolute atomic E-state index is 11.6. The smallest absolute Gasteiger partial charge is 0.222 e. The van der Waals surface area contributed by atoms with Gasteiger partial charge in [0.25, 0.3) is 0 Å². The van der Waals surface area contributed by atoms with E-state index in [0.717, 1.165) is 13.0 Å². The molecule has 1 aliphatic rings. The highest BCUT2D eigenvalue weighted by Crippen LogP contribution is 2.27. The Bertz CT molecular complexity index is 166. The molecule has 1 N–H and O–H groups in total. The normalized spacial score (nSPS) is 15.8. The Morgan fingerprint density at radius 2 is 2.23 bits per heavy atom. The third kappa shape index (κ3) is 3.35. The summed E-state index contributed by atoms with van der Waals surface area (Å²) in [5.74, 6) is 0.221. The quantitative estimate of drug-likeness (QED) is 0.674. The number of aliphatic hydroxyl groups is 1. The number of carbonyl (C=O) groups excluding carboxylic acids is 1. The van der Waals surface area contributed by atoms with E-state index in [1.54, 1.807) is 0 Å². The SMILES string of the molecule is CCCN(C(=O)CCCO)C1CC1. The van der Waals surface area contributed by atoms with Gasteiger partial charge in [-0.3, -0.25) is 4.79 Å². The molecule has 13 heavy (non-hydrogen) atoms. The molecule has 1 saturated carbocycles. The highest BCUT2D eigenvalue weighted by atomic mass is 16.3. The largest absolute Gasteiger partial charge is 0.396 e. The first kappa shape index (κ1) is 10.5. The van der Waals surface area contributed by atoms with Gasteiger partial charge >= 0.3 is 0 Å². The van der Waals surface area contributed by atoms with E-state index in [-0.39, 0.29) is 12.5 Å². The molecule has 1 aliphatic carbocycles. The van der Waals surface area contributed by atoms with Crippen molar-refractivity contribution in [2.24, 2.45) is 0 Å². The molecule has 0 spiro atoms. The van der Waals surface area contributed by atoms with Crippen LogP contribution < -0.4 is 0 Å². The zero-order valence-corrected chi connectivity index (χ0v) is 8.33. The third-order valence-corrected chi connectivity index (χ3v) is 2.32. The second kappa shape index (κ2) is 5.22. The molecule has 0 atom stereocenters. The van der Waals surface area contributed by atoms with Gasteiger partial charge in [0.2, 0.25) is 5.91 Å².